The molecule has 1 amide bonds. The Kier molecular flexibility index (Phi) is 6.44. The molecule has 0 N–H and O–H groups in total. The van der Waals surface area contributed by atoms with Gasteiger partial charge in [0, 0.05) is 24.3 Å². The number of hydrogen-bond acceptors (Lipinski definition) is 4. The average Bonchev–Trinajstić information content (AvgIpc) is 3.43. The number of hydrogen-bond donors (Lipinski definition) is 0. The maximum Gasteiger partial charge on any atom is 0.240 e. The summed E-state index contributed by atoms with van der Waals surface area (Å²) >= 11 is 7.93. The van der Waals surface area contributed by atoms with Crippen molar-refractivity contribution in [1.82, 2.24) is 14.8 Å². The predicted octanol–water partition coefficient (Wildman–Crippen LogP) is 5.86. The van der Waals surface area contributed by atoms with Crippen LogP contribution in [-0.4, -0.2) is 33.0 Å². The van der Waals surface area contributed by atoms with Crippen molar-refractivity contribution in [2.75, 3.05) is 11.9 Å². The molecule has 156 valence electrons. The van der Waals surface area contributed by atoms with Crippen LogP contribution in [0.25, 0.3) is 11.4 Å². The number of para-hydroxylation sites is 1. The molecule has 4 rings (SSSR count). The highest BCUT2D eigenvalue weighted by molar-refractivity contribution is 8.00. The van der Waals surface area contributed by atoms with Crippen LogP contribution in [0.1, 0.15) is 38.6 Å². The molecule has 30 heavy (non-hydrogen) atoms. The van der Waals surface area contributed by atoms with Crippen LogP contribution in [0, 0.1) is 0 Å². The molecule has 1 aliphatic carbocycles. The first-order valence-electron chi connectivity index (χ1n) is 10.3. The Morgan fingerprint density at radius 3 is 2.47 bits per heavy atom. The summed E-state index contributed by atoms with van der Waals surface area (Å²) in [6.07, 6.45) is 4.57. The molecule has 0 aliphatic heterocycles. The van der Waals surface area contributed by atoms with Gasteiger partial charge in [0.1, 0.15) is 0 Å². The van der Waals surface area contributed by atoms with Crippen LogP contribution < -0.4 is 4.90 Å². The van der Waals surface area contributed by atoms with Gasteiger partial charge in [0.25, 0.3) is 0 Å². The van der Waals surface area contributed by atoms with E-state index in [2.05, 4.69) is 14.8 Å². The monoisotopic (exact) mass is 440 g/mol. The number of carbonyl (C=O) groups is 1. The van der Waals surface area contributed by atoms with Gasteiger partial charge in [-0.25, -0.2) is 0 Å². The molecule has 0 saturated heterocycles. The van der Waals surface area contributed by atoms with Crippen LogP contribution in [0.3, 0.4) is 0 Å². The first-order valence-corrected chi connectivity index (χ1v) is 11.5. The Labute approximate surface area is 186 Å². The third-order valence-corrected chi connectivity index (χ3v) is 6.95. The van der Waals surface area contributed by atoms with Gasteiger partial charge in [0.15, 0.2) is 11.0 Å². The third-order valence-electron chi connectivity index (χ3n) is 5.57. The largest absolute Gasteiger partial charge is 0.315 e. The van der Waals surface area contributed by atoms with E-state index in [0.29, 0.717) is 11.1 Å². The van der Waals surface area contributed by atoms with Gasteiger partial charge in [-0.3, -0.25) is 9.36 Å². The maximum absolute atomic E-state index is 13.0. The molecular formula is C23H25ClN4OS. The quantitative estimate of drug-likeness (QED) is 0.450. The lowest BCUT2D eigenvalue weighted by Crippen LogP contribution is -2.33. The minimum Gasteiger partial charge on any atom is -0.315 e. The molecular weight excluding hydrogens is 416 g/mol. The number of aromatic nitrogens is 3. The van der Waals surface area contributed by atoms with E-state index >= 15 is 0 Å². The summed E-state index contributed by atoms with van der Waals surface area (Å²) in [7, 11) is 1.81. The topological polar surface area (TPSA) is 51.0 Å². The summed E-state index contributed by atoms with van der Waals surface area (Å²) in [5.41, 5.74) is 1.76. The fraction of sp³-hybridized carbons (Fsp3) is 0.348. The van der Waals surface area contributed by atoms with Gasteiger partial charge in [-0.1, -0.05) is 66.5 Å². The van der Waals surface area contributed by atoms with Crippen LogP contribution in [0.4, 0.5) is 5.69 Å². The Balaban J connectivity index is 1.62. The third kappa shape index (κ3) is 4.25. The summed E-state index contributed by atoms with van der Waals surface area (Å²) in [5.74, 6) is 0.817. The first kappa shape index (κ1) is 20.9. The second kappa shape index (κ2) is 9.23. The van der Waals surface area contributed by atoms with Crippen molar-refractivity contribution in [1.29, 1.82) is 0 Å². The summed E-state index contributed by atoms with van der Waals surface area (Å²) in [6.45, 7) is 1.93. The van der Waals surface area contributed by atoms with Gasteiger partial charge in [-0.2, -0.15) is 0 Å². The highest BCUT2D eigenvalue weighted by atomic mass is 35.5. The van der Waals surface area contributed by atoms with E-state index in [1.165, 1.54) is 24.6 Å². The second-order valence-corrected chi connectivity index (χ2v) is 9.30. The normalized spacial score (nSPS) is 15.3. The Morgan fingerprint density at radius 1 is 1.10 bits per heavy atom. The lowest BCUT2D eigenvalue weighted by Gasteiger charge is -2.22. The van der Waals surface area contributed by atoms with E-state index in [-0.39, 0.29) is 11.2 Å². The van der Waals surface area contributed by atoms with Crippen LogP contribution >= 0.6 is 23.4 Å². The fourth-order valence-electron chi connectivity index (χ4n) is 3.94. The van der Waals surface area contributed by atoms with Crippen molar-refractivity contribution in [2.24, 2.45) is 0 Å². The molecule has 1 saturated carbocycles. The van der Waals surface area contributed by atoms with Crippen molar-refractivity contribution in [2.45, 2.75) is 49.1 Å². The van der Waals surface area contributed by atoms with Gasteiger partial charge in [-0.05, 0) is 44.0 Å². The number of carbonyl (C=O) groups excluding carboxylic acids is 1. The number of amides is 1. The maximum atomic E-state index is 13.0. The number of halogens is 1. The summed E-state index contributed by atoms with van der Waals surface area (Å²) in [5, 5.41) is 10.1. The van der Waals surface area contributed by atoms with E-state index in [1.54, 1.807) is 4.90 Å². The molecule has 3 aromatic rings. The van der Waals surface area contributed by atoms with Crippen LogP contribution in [-0.2, 0) is 4.79 Å². The summed E-state index contributed by atoms with van der Waals surface area (Å²) in [4.78, 5) is 14.7. The standard InChI is InChI=1S/C23H25ClN4OS/c1-16(22(29)27(2)17-10-4-3-5-11-17)30-23-26-25-21(19-14-8-9-15-20(19)24)28(23)18-12-6-7-13-18/h3-5,8-11,14-16,18H,6-7,12-13H2,1-2H3. The lowest BCUT2D eigenvalue weighted by molar-refractivity contribution is -0.117. The van der Waals surface area contributed by atoms with E-state index < -0.39 is 0 Å². The minimum absolute atomic E-state index is 0.0338. The number of anilines is 1. The second-order valence-electron chi connectivity index (χ2n) is 7.59. The zero-order valence-electron chi connectivity index (χ0n) is 17.2. The summed E-state index contributed by atoms with van der Waals surface area (Å²) in [6, 6.07) is 17.7. The molecule has 1 atom stereocenters. The van der Waals surface area contributed by atoms with Crippen LogP contribution in [0.5, 0.6) is 0 Å². The minimum atomic E-state index is -0.293. The van der Waals surface area contributed by atoms with Gasteiger partial charge >= 0.3 is 0 Å². The smallest absolute Gasteiger partial charge is 0.240 e. The van der Waals surface area contributed by atoms with E-state index in [0.717, 1.165) is 35.1 Å². The van der Waals surface area contributed by atoms with Crippen LogP contribution in [0.15, 0.2) is 59.8 Å². The Bertz CT molecular complexity index is 1020. The zero-order valence-corrected chi connectivity index (χ0v) is 18.7. The van der Waals surface area contributed by atoms with Crippen molar-refractivity contribution in [3.63, 3.8) is 0 Å². The molecule has 7 heteroatoms. The van der Waals surface area contributed by atoms with E-state index in [1.807, 2.05) is 68.6 Å². The molecule has 1 heterocycles. The molecule has 2 aromatic carbocycles. The highest BCUT2D eigenvalue weighted by Gasteiger charge is 2.28. The van der Waals surface area contributed by atoms with Crippen molar-refractivity contribution in [3.8, 4) is 11.4 Å². The Morgan fingerprint density at radius 2 is 1.77 bits per heavy atom. The molecule has 5 nitrogen and oxygen atoms in total. The van der Waals surface area contributed by atoms with Crippen LogP contribution in [0.2, 0.25) is 5.02 Å². The number of benzene rings is 2. The molecule has 0 radical (unpaired) electrons. The zero-order chi connectivity index (χ0) is 21.1. The van der Waals surface area contributed by atoms with Gasteiger partial charge in [0.2, 0.25) is 5.91 Å². The van der Waals surface area contributed by atoms with E-state index in [4.69, 9.17) is 11.6 Å². The molecule has 1 unspecified atom stereocenters. The highest BCUT2D eigenvalue weighted by Crippen LogP contribution is 2.39. The molecule has 1 aromatic heterocycles. The summed E-state index contributed by atoms with van der Waals surface area (Å²) < 4.78 is 2.20. The number of thioether (sulfide) groups is 1. The Hall–Kier alpha value is -2.31. The van der Waals surface area contributed by atoms with Crippen molar-refractivity contribution >= 4 is 35.0 Å². The van der Waals surface area contributed by atoms with Gasteiger partial charge in [-0.15, -0.1) is 10.2 Å². The fourth-order valence-corrected chi connectivity index (χ4v) is 5.17. The average molecular weight is 441 g/mol. The molecule has 1 aliphatic rings. The first-order chi connectivity index (χ1) is 14.6. The SMILES string of the molecule is CC(Sc1nnc(-c2ccccc2Cl)n1C1CCCC1)C(=O)N(C)c1ccccc1. The predicted molar refractivity (Wildman–Crippen MR) is 123 cm³/mol. The lowest BCUT2D eigenvalue weighted by atomic mass is 10.2. The van der Waals surface area contributed by atoms with Gasteiger partial charge in [0.05, 0.1) is 10.3 Å². The van der Waals surface area contributed by atoms with Crippen molar-refractivity contribution in [3.05, 3.63) is 59.6 Å². The van der Waals surface area contributed by atoms with Gasteiger partial charge < -0.3 is 4.90 Å². The molecule has 0 bridgehead atoms. The number of rotatable bonds is 6. The molecule has 1 fully saturated rings. The number of nitrogens with zero attached hydrogens (tertiary/aromatic N) is 4. The molecule has 0 spiro atoms. The van der Waals surface area contributed by atoms with E-state index in [9.17, 15) is 4.79 Å². The van der Waals surface area contributed by atoms with Crippen molar-refractivity contribution < 1.29 is 4.79 Å².